The van der Waals surface area contributed by atoms with Crippen LogP contribution in [-0.2, 0) is 4.79 Å². The minimum Gasteiger partial charge on any atom is -0.341 e. The molecule has 4 nitrogen and oxygen atoms in total. The molecule has 1 atom stereocenters. The van der Waals surface area contributed by atoms with E-state index in [0.717, 1.165) is 26.1 Å². The van der Waals surface area contributed by atoms with E-state index in [-0.39, 0.29) is 5.91 Å². The van der Waals surface area contributed by atoms with Crippen molar-refractivity contribution in [3.05, 3.63) is 0 Å². The Morgan fingerprint density at radius 1 is 1.29 bits per heavy atom. The molecule has 4 heteroatoms. The number of carbonyl (C=O) groups is 1. The third kappa shape index (κ3) is 2.63. The molecule has 2 heterocycles. The zero-order valence-corrected chi connectivity index (χ0v) is 11.1. The highest BCUT2D eigenvalue weighted by molar-refractivity contribution is 5.82. The molecule has 2 saturated heterocycles. The third-order valence-corrected chi connectivity index (χ3v) is 4.18. The van der Waals surface area contributed by atoms with E-state index in [1.54, 1.807) is 0 Å². The zero-order chi connectivity index (χ0) is 12.5. The molecule has 2 aliphatic heterocycles. The van der Waals surface area contributed by atoms with Crippen molar-refractivity contribution in [1.29, 1.82) is 0 Å². The second-order valence-corrected chi connectivity index (χ2v) is 6.02. The fraction of sp³-hybridized carbons (Fsp3) is 0.923. The lowest BCUT2D eigenvalue weighted by molar-refractivity contribution is -0.140. The molecule has 2 rings (SSSR count). The Balaban J connectivity index is 2.03. The van der Waals surface area contributed by atoms with E-state index in [1.807, 2.05) is 18.7 Å². The van der Waals surface area contributed by atoms with Crippen molar-refractivity contribution < 1.29 is 4.79 Å². The van der Waals surface area contributed by atoms with Gasteiger partial charge in [-0.3, -0.25) is 9.69 Å². The molecule has 1 amide bonds. The van der Waals surface area contributed by atoms with Crippen LogP contribution in [0.5, 0.6) is 0 Å². The van der Waals surface area contributed by atoms with Crippen LogP contribution in [0.25, 0.3) is 0 Å². The normalized spacial score (nSPS) is 26.8. The van der Waals surface area contributed by atoms with Gasteiger partial charge < -0.3 is 10.6 Å². The summed E-state index contributed by atoms with van der Waals surface area (Å²) in [6.45, 7) is 8.50. The Bertz CT molecular complexity index is 290. The molecular formula is C13H25N3O. The van der Waals surface area contributed by atoms with Crippen molar-refractivity contribution >= 4 is 5.91 Å². The minimum atomic E-state index is -0.409. The van der Waals surface area contributed by atoms with E-state index in [1.165, 1.54) is 19.4 Å². The number of hydrogen-bond donors (Lipinski definition) is 1. The first kappa shape index (κ1) is 12.8. The number of carbonyl (C=O) groups excluding carboxylic acids is 1. The SMILES string of the molecule is CC(C)(CN)C(=O)N1CCCN2CCCC2C1. The Hall–Kier alpha value is -0.610. The van der Waals surface area contributed by atoms with Gasteiger partial charge in [0, 0.05) is 32.2 Å². The maximum atomic E-state index is 12.4. The van der Waals surface area contributed by atoms with Gasteiger partial charge in [-0.25, -0.2) is 0 Å². The largest absolute Gasteiger partial charge is 0.341 e. The summed E-state index contributed by atoms with van der Waals surface area (Å²) in [6, 6.07) is 0.593. The van der Waals surface area contributed by atoms with Crippen LogP contribution >= 0.6 is 0 Å². The first-order chi connectivity index (χ1) is 8.04. The summed E-state index contributed by atoms with van der Waals surface area (Å²) in [7, 11) is 0. The Kier molecular flexibility index (Phi) is 3.73. The van der Waals surface area contributed by atoms with E-state index < -0.39 is 5.41 Å². The highest BCUT2D eigenvalue weighted by Gasteiger charge is 2.35. The number of rotatable bonds is 2. The molecule has 0 aromatic carbocycles. The summed E-state index contributed by atoms with van der Waals surface area (Å²) < 4.78 is 0. The molecule has 0 aliphatic carbocycles. The molecule has 0 aromatic rings. The van der Waals surface area contributed by atoms with Crippen molar-refractivity contribution in [3.8, 4) is 0 Å². The fourth-order valence-electron chi connectivity index (χ4n) is 2.91. The van der Waals surface area contributed by atoms with Gasteiger partial charge in [0.05, 0.1) is 5.41 Å². The van der Waals surface area contributed by atoms with Gasteiger partial charge in [0.2, 0.25) is 5.91 Å². The molecule has 0 aromatic heterocycles. The van der Waals surface area contributed by atoms with Crippen molar-refractivity contribution in [1.82, 2.24) is 9.80 Å². The average molecular weight is 239 g/mol. The Morgan fingerprint density at radius 3 is 2.71 bits per heavy atom. The van der Waals surface area contributed by atoms with Gasteiger partial charge in [-0.05, 0) is 39.7 Å². The summed E-state index contributed by atoms with van der Waals surface area (Å²) in [5.41, 5.74) is 5.29. The van der Waals surface area contributed by atoms with Crippen molar-refractivity contribution in [2.75, 3.05) is 32.7 Å². The van der Waals surface area contributed by atoms with Crippen LogP contribution in [0.3, 0.4) is 0 Å². The monoisotopic (exact) mass is 239 g/mol. The summed E-state index contributed by atoms with van der Waals surface area (Å²) in [5.74, 6) is 0.230. The average Bonchev–Trinajstić information content (AvgIpc) is 2.65. The summed E-state index contributed by atoms with van der Waals surface area (Å²) in [6.07, 6.45) is 3.63. The quantitative estimate of drug-likeness (QED) is 0.770. The van der Waals surface area contributed by atoms with Crippen molar-refractivity contribution in [2.24, 2.45) is 11.1 Å². The minimum absolute atomic E-state index is 0.230. The molecule has 17 heavy (non-hydrogen) atoms. The van der Waals surface area contributed by atoms with E-state index >= 15 is 0 Å². The summed E-state index contributed by atoms with van der Waals surface area (Å²) >= 11 is 0. The van der Waals surface area contributed by atoms with E-state index in [2.05, 4.69) is 4.90 Å². The lowest BCUT2D eigenvalue weighted by atomic mass is 9.91. The molecule has 0 bridgehead atoms. The standard InChI is InChI=1S/C13H25N3O/c1-13(2,10-14)12(17)16-8-4-7-15-6-3-5-11(15)9-16/h11H,3-10,14H2,1-2H3. The molecular weight excluding hydrogens is 214 g/mol. The lowest BCUT2D eigenvalue weighted by Crippen LogP contribution is -2.47. The predicted octanol–water partition coefficient (Wildman–Crippen LogP) is 0.668. The second kappa shape index (κ2) is 4.94. The predicted molar refractivity (Wildman–Crippen MR) is 68.6 cm³/mol. The molecule has 0 radical (unpaired) electrons. The Labute approximate surface area is 104 Å². The fourth-order valence-corrected chi connectivity index (χ4v) is 2.91. The lowest BCUT2D eigenvalue weighted by Gasteiger charge is -2.32. The van der Waals surface area contributed by atoms with Crippen LogP contribution in [0.1, 0.15) is 33.1 Å². The summed E-state index contributed by atoms with van der Waals surface area (Å²) in [5, 5.41) is 0. The number of nitrogens with two attached hydrogens (primary N) is 1. The van der Waals surface area contributed by atoms with Gasteiger partial charge in [-0.15, -0.1) is 0 Å². The van der Waals surface area contributed by atoms with Crippen LogP contribution in [0.15, 0.2) is 0 Å². The number of amides is 1. The zero-order valence-electron chi connectivity index (χ0n) is 11.1. The molecule has 98 valence electrons. The van der Waals surface area contributed by atoms with Gasteiger partial charge >= 0.3 is 0 Å². The number of fused-ring (bicyclic) bond motifs is 1. The van der Waals surface area contributed by atoms with Gasteiger partial charge in [0.15, 0.2) is 0 Å². The van der Waals surface area contributed by atoms with E-state index in [0.29, 0.717) is 12.6 Å². The topological polar surface area (TPSA) is 49.6 Å². The first-order valence-corrected chi connectivity index (χ1v) is 6.78. The highest BCUT2D eigenvalue weighted by Crippen LogP contribution is 2.24. The van der Waals surface area contributed by atoms with Gasteiger partial charge in [-0.2, -0.15) is 0 Å². The van der Waals surface area contributed by atoms with E-state index in [9.17, 15) is 4.79 Å². The van der Waals surface area contributed by atoms with Crippen molar-refractivity contribution in [2.45, 2.75) is 39.2 Å². The van der Waals surface area contributed by atoms with Gasteiger partial charge in [0.1, 0.15) is 0 Å². The van der Waals surface area contributed by atoms with Crippen LogP contribution in [0.2, 0.25) is 0 Å². The Morgan fingerprint density at radius 2 is 2.00 bits per heavy atom. The summed E-state index contributed by atoms with van der Waals surface area (Å²) in [4.78, 5) is 17.0. The smallest absolute Gasteiger partial charge is 0.229 e. The highest BCUT2D eigenvalue weighted by atomic mass is 16.2. The second-order valence-electron chi connectivity index (χ2n) is 6.02. The van der Waals surface area contributed by atoms with Crippen molar-refractivity contribution in [3.63, 3.8) is 0 Å². The van der Waals surface area contributed by atoms with Gasteiger partial charge in [-0.1, -0.05) is 0 Å². The molecule has 2 fully saturated rings. The van der Waals surface area contributed by atoms with E-state index in [4.69, 9.17) is 5.73 Å². The number of nitrogens with zero attached hydrogens (tertiary/aromatic N) is 2. The molecule has 0 saturated carbocycles. The van der Waals surface area contributed by atoms with Crippen LogP contribution < -0.4 is 5.73 Å². The molecule has 2 N–H and O–H groups in total. The molecule has 0 spiro atoms. The maximum Gasteiger partial charge on any atom is 0.229 e. The first-order valence-electron chi connectivity index (χ1n) is 6.78. The van der Waals surface area contributed by atoms with Gasteiger partial charge in [0.25, 0.3) is 0 Å². The third-order valence-electron chi connectivity index (χ3n) is 4.18. The maximum absolute atomic E-state index is 12.4. The van der Waals surface area contributed by atoms with Crippen LogP contribution in [0, 0.1) is 5.41 Å². The van der Waals surface area contributed by atoms with Crippen LogP contribution in [-0.4, -0.2) is 54.5 Å². The number of hydrogen-bond acceptors (Lipinski definition) is 3. The van der Waals surface area contributed by atoms with Crippen LogP contribution in [0.4, 0.5) is 0 Å². The molecule has 2 aliphatic rings. The molecule has 1 unspecified atom stereocenters.